The predicted molar refractivity (Wildman–Crippen MR) is 89.4 cm³/mol. The summed E-state index contributed by atoms with van der Waals surface area (Å²) in [6, 6.07) is 10.0. The smallest absolute Gasteiger partial charge is 0.255 e. The van der Waals surface area contributed by atoms with E-state index < -0.39 is 15.9 Å². The summed E-state index contributed by atoms with van der Waals surface area (Å²) in [5, 5.41) is 7.92. The van der Waals surface area contributed by atoms with Gasteiger partial charge in [0.25, 0.3) is 5.91 Å². The number of sulfonamides is 1. The van der Waals surface area contributed by atoms with Crippen molar-refractivity contribution in [3.05, 3.63) is 57.6 Å². The van der Waals surface area contributed by atoms with Gasteiger partial charge in [0.15, 0.2) is 0 Å². The SMILES string of the molecule is Cc1cc(C(=O)Nc2ccc(Br)cc2)cc(S(N)(=O)=O)c1C. The van der Waals surface area contributed by atoms with Gasteiger partial charge in [-0.2, -0.15) is 0 Å². The highest BCUT2D eigenvalue weighted by Crippen LogP contribution is 2.21. The van der Waals surface area contributed by atoms with Gasteiger partial charge < -0.3 is 5.32 Å². The Bertz CT molecular complexity index is 831. The first-order valence-corrected chi connectivity index (χ1v) is 8.73. The predicted octanol–water partition coefficient (Wildman–Crippen LogP) is 2.97. The van der Waals surface area contributed by atoms with E-state index in [1.165, 1.54) is 6.07 Å². The Balaban J connectivity index is 2.38. The number of hydrogen-bond acceptors (Lipinski definition) is 3. The topological polar surface area (TPSA) is 89.3 Å². The zero-order chi connectivity index (χ0) is 16.5. The molecule has 22 heavy (non-hydrogen) atoms. The Morgan fingerprint density at radius 1 is 1.14 bits per heavy atom. The number of rotatable bonds is 3. The van der Waals surface area contributed by atoms with Gasteiger partial charge in [0.05, 0.1) is 4.90 Å². The molecular weight excluding hydrogens is 368 g/mol. The van der Waals surface area contributed by atoms with Crippen molar-refractivity contribution >= 4 is 37.5 Å². The standard InChI is InChI=1S/C15H15BrN2O3S/c1-9-7-11(8-14(10(9)2)22(17,20)21)15(19)18-13-5-3-12(16)4-6-13/h3-8H,1-2H3,(H,18,19)(H2,17,20,21). The zero-order valence-corrected chi connectivity index (χ0v) is 14.5. The van der Waals surface area contributed by atoms with E-state index >= 15 is 0 Å². The van der Waals surface area contributed by atoms with Crippen LogP contribution in [0, 0.1) is 13.8 Å². The van der Waals surface area contributed by atoms with Crippen molar-refractivity contribution in [1.29, 1.82) is 0 Å². The number of anilines is 1. The van der Waals surface area contributed by atoms with Crippen LogP contribution in [0.25, 0.3) is 0 Å². The minimum atomic E-state index is -3.88. The molecule has 3 N–H and O–H groups in total. The molecule has 0 aliphatic heterocycles. The van der Waals surface area contributed by atoms with Crippen LogP contribution in [0.2, 0.25) is 0 Å². The molecule has 0 fully saturated rings. The van der Waals surface area contributed by atoms with E-state index in [9.17, 15) is 13.2 Å². The van der Waals surface area contributed by atoms with E-state index in [0.717, 1.165) is 4.47 Å². The van der Waals surface area contributed by atoms with E-state index in [1.54, 1.807) is 44.2 Å². The molecule has 7 heteroatoms. The number of carbonyl (C=O) groups is 1. The first-order valence-electron chi connectivity index (χ1n) is 6.39. The van der Waals surface area contributed by atoms with Crippen LogP contribution in [0.4, 0.5) is 5.69 Å². The molecule has 2 rings (SSSR count). The lowest BCUT2D eigenvalue weighted by molar-refractivity contribution is 0.102. The highest BCUT2D eigenvalue weighted by molar-refractivity contribution is 9.10. The van der Waals surface area contributed by atoms with Gasteiger partial charge in [-0.1, -0.05) is 15.9 Å². The number of nitrogens with one attached hydrogen (secondary N) is 1. The maximum Gasteiger partial charge on any atom is 0.255 e. The van der Waals surface area contributed by atoms with Gasteiger partial charge in [-0.05, 0) is 61.4 Å². The number of benzene rings is 2. The molecule has 2 aromatic carbocycles. The number of nitrogens with two attached hydrogens (primary N) is 1. The van der Waals surface area contributed by atoms with E-state index in [4.69, 9.17) is 5.14 Å². The number of amides is 1. The van der Waals surface area contributed by atoms with E-state index in [1.807, 2.05) is 0 Å². The van der Waals surface area contributed by atoms with Crippen molar-refractivity contribution in [2.24, 2.45) is 5.14 Å². The number of primary sulfonamides is 1. The first-order chi connectivity index (χ1) is 10.2. The largest absolute Gasteiger partial charge is 0.322 e. The molecule has 0 unspecified atom stereocenters. The molecule has 0 atom stereocenters. The molecule has 2 aromatic rings. The van der Waals surface area contributed by atoms with Gasteiger partial charge in [0.2, 0.25) is 10.0 Å². The third-order valence-corrected chi connectivity index (χ3v) is 4.86. The molecule has 1 amide bonds. The van der Waals surface area contributed by atoms with Crippen LogP contribution in [-0.4, -0.2) is 14.3 Å². The van der Waals surface area contributed by atoms with Crippen molar-refractivity contribution in [3.63, 3.8) is 0 Å². The van der Waals surface area contributed by atoms with Crippen LogP contribution in [0.15, 0.2) is 45.8 Å². The Kier molecular flexibility index (Phi) is 4.69. The van der Waals surface area contributed by atoms with Crippen LogP contribution in [-0.2, 0) is 10.0 Å². The molecule has 0 heterocycles. The fraction of sp³-hybridized carbons (Fsp3) is 0.133. The van der Waals surface area contributed by atoms with Crippen molar-refractivity contribution in [3.8, 4) is 0 Å². The second kappa shape index (κ2) is 6.20. The monoisotopic (exact) mass is 382 g/mol. The summed E-state index contributed by atoms with van der Waals surface area (Å²) in [5.41, 5.74) is 2.09. The summed E-state index contributed by atoms with van der Waals surface area (Å²) in [6.45, 7) is 3.39. The first kappa shape index (κ1) is 16.7. The second-order valence-electron chi connectivity index (χ2n) is 4.92. The molecule has 0 aromatic heterocycles. The molecule has 0 spiro atoms. The van der Waals surface area contributed by atoms with Gasteiger partial charge in [-0.3, -0.25) is 4.79 Å². The van der Waals surface area contributed by atoms with Crippen LogP contribution in [0.3, 0.4) is 0 Å². The molecule has 0 aliphatic rings. The lowest BCUT2D eigenvalue weighted by Gasteiger charge is -2.11. The van der Waals surface area contributed by atoms with Gasteiger partial charge in [0, 0.05) is 15.7 Å². The quantitative estimate of drug-likeness (QED) is 0.854. The molecule has 0 radical (unpaired) electrons. The van der Waals surface area contributed by atoms with E-state index in [-0.39, 0.29) is 10.5 Å². The number of halogens is 1. The van der Waals surface area contributed by atoms with Crippen molar-refractivity contribution in [2.75, 3.05) is 5.32 Å². The van der Waals surface area contributed by atoms with Gasteiger partial charge in [0.1, 0.15) is 0 Å². The fourth-order valence-electron chi connectivity index (χ4n) is 1.99. The van der Waals surface area contributed by atoms with E-state index in [2.05, 4.69) is 21.2 Å². The Morgan fingerprint density at radius 3 is 2.27 bits per heavy atom. The summed E-state index contributed by atoms with van der Waals surface area (Å²) < 4.78 is 24.1. The van der Waals surface area contributed by atoms with Gasteiger partial charge in [-0.15, -0.1) is 0 Å². The summed E-state index contributed by atoms with van der Waals surface area (Å²) in [6.07, 6.45) is 0. The zero-order valence-electron chi connectivity index (χ0n) is 12.1. The second-order valence-corrected chi connectivity index (χ2v) is 7.37. The minimum Gasteiger partial charge on any atom is -0.322 e. The lowest BCUT2D eigenvalue weighted by Crippen LogP contribution is -2.17. The molecule has 5 nitrogen and oxygen atoms in total. The number of hydrogen-bond donors (Lipinski definition) is 2. The Morgan fingerprint density at radius 2 is 1.73 bits per heavy atom. The average molecular weight is 383 g/mol. The number of carbonyl (C=O) groups excluding carboxylic acids is 1. The number of aryl methyl sites for hydroxylation is 1. The Hall–Kier alpha value is -1.70. The van der Waals surface area contributed by atoms with E-state index in [0.29, 0.717) is 16.8 Å². The molecule has 116 valence electrons. The lowest BCUT2D eigenvalue weighted by atomic mass is 10.1. The maximum atomic E-state index is 12.3. The third kappa shape index (κ3) is 3.73. The normalized spacial score (nSPS) is 11.3. The summed E-state index contributed by atoms with van der Waals surface area (Å²) in [5.74, 6) is -0.393. The summed E-state index contributed by atoms with van der Waals surface area (Å²) in [4.78, 5) is 12.2. The third-order valence-electron chi connectivity index (χ3n) is 3.29. The molecule has 0 saturated heterocycles. The van der Waals surface area contributed by atoms with Crippen LogP contribution >= 0.6 is 15.9 Å². The Labute approximate surface area is 137 Å². The van der Waals surface area contributed by atoms with Crippen LogP contribution in [0.1, 0.15) is 21.5 Å². The maximum absolute atomic E-state index is 12.3. The molecule has 0 bridgehead atoms. The van der Waals surface area contributed by atoms with Crippen molar-refractivity contribution in [1.82, 2.24) is 0 Å². The van der Waals surface area contributed by atoms with Gasteiger partial charge in [-0.25, -0.2) is 13.6 Å². The minimum absolute atomic E-state index is 0.0338. The summed E-state index contributed by atoms with van der Waals surface area (Å²) >= 11 is 3.31. The van der Waals surface area contributed by atoms with Crippen LogP contribution < -0.4 is 10.5 Å². The highest BCUT2D eigenvalue weighted by Gasteiger charge is 2.17. The molecular formula is C15H15BrN2O3S. The highest BCUT2D eigenvalue weighted by atomic mass is 79.9. The molecule has 0 aliphatic carbocycles. The van der Waals surface area contributed by atoms with Gasteiger partial charge >= 0.3 is 0 Å². The fourth-order valence-corrected chi connectivity index (χ4v) is 3.13. The van der Waals surface area contributed by atoms with Crippen molar-refractivity contribution < 1.29 is 13.2 Å². The van der Waals surface area contributed by atoms with Crippen LogP contribution in [0.5, 0.6) is 0 Å². The summed E-state index contributed by atoms with van der Waals surface area (Å²) in [7, 11) is -3.88. The average Bonchev–Trinajstić information content (AvgIpc) is 2.42. The van der Waals surface area contributed by atoms with Crippen molar-refractivity contribution in [2.45, 2.75) is 18.7 Å². The molecule has 0 saturated carbocycles.